The summed E-state index contributed by atoms with van der Waals surface area (Å²) in [6.45, 7) is 0.0622. The molecule has 2 N–H and O–H groups in total. The van der Waals surface area contributed by atoms with E-state index in [2.05, 4.69) is 5.32 Å². The summed E-state index contributed by atoms with van der Waals surface area (Å²) >= 11 is 0. The van der Waals surface area contributed by atoms with E-state index in [1.54, 1.807) is 6.07 Å². The Hall–Kier alpha value is -2.52. The lowest BCUT2D eigenvalue weighted by Crippen LogP contribution is -2.43. The maximum Gasteiger partial charge on any atom is 0.329 e. The van der Waals surface area contributed by atoms with Crippen molar-refractivity contribution in [1.82, 2.24) is 10.2 Å². The van der Waals surface area contributed by atoms with Gasteiger partial charge in [0, 0.05) is 26.6 Å². The number of aliphatic hydroxyl groups excluding tert-OH is 1. The van der Waals surface area contributed by atoms with Crippen LogP contribution >= 0.6 is 0 Å². The number of hydrogen-bond acceptors (Lipinski definition) is 6. The summed E-state index contributed by atoms with van der Waals surface area (Å²) in [6, 6.07) is 4.84. The van der Waals surface area contributed by atoms with Gasteiger partial charge in [-0.15, -0.1) is 0 Å². The highest BCUT2D eigenvalue weighted by molar-refractivity contribution is 5.88. The van der Waals surface area contributed by atoms with Gasteiger partial charge in [0.05, 0.1) is 19.1 Å². The zero-order valence-electron chi connectivity index (χ0n) is 15.0. The van der Waals surface area contributed by atoms with E-state index < -0.39 is 42.4 Å². The minimum atomic E-state index is -1.01. The van der Waals surface area contributed by atoms with E-state index in [4.69, 9.17) is 9.47 Å². The number of carbonyl (C=O) groups is 3. The molecule has 0 aromatic heterocycles. The average molecular weight is 382 g/mol. The predicted octanol–water partition coefficient (Wildman–Crippen LogP) is -0.364. The number of amides is 2. The molecule has 148 valence electrons. The van der Waals surface area contributed by atoms with E-state index in [9.17, 15) is 23.9 Å². The third-order valence-electron chi connectivity index (χ3n) is 4.14. The number of ether oxygens (including phenoxy) is 2. The van der Waals surface area contributed by atoms with Crippen LogP contribution in [0.15, 0.2) is 24.3 Å². The number of carbonyl (C=O) groups excluding carboxylic acids is 3. The Bertz CT molecular complexity index is 684. The molecule has 2 atom stereocenters. The number of methoxy groups -OCH3 is 1. The highest BCUT2D eigenvalue weighted by Gasteiger charge is 2.40. The van der Waals surface area contributed by atoms with Crippen LogP contribution in [-0.2, 0) is 30.3 Å². The Balaban J connectivity index is 1.92. The molecule has 1 aliphatic rings. The van der Waals surface area contributed by atoms with Crippen LogP contribution in [0.1, 0.15) is 12.0 Å². The highest BCUT2D eigenvalue weighted by atomic mass is 19.1. The summed E-state index contributed by atoms with van der Waals surface area (Å²) in [5, 5.41) is 12.3. The summed E-state index contributed by atoms with van der Waals surface area (Å²) in [6.07, 6.45) is -1.11. The fourth-order valence-electron chi connectivity index (χ4n) is 2.80. The molecule has 0 saturated carbocycles. The van der Waals surface area contributed by atoms with E-state index in [-0.39, 0.29) is 31.5 Å². The van der Waals surface area contributed by atoms with Crippen LogP contribution in [0, 0.1) is 5.82 Å². The van der Waals surface area contributed by atoms with Gasteiger partial charge >= 0.3 is 5.97 Å². The van der Waals surface area contributed by atoms with E-state index in [0.29, 0.717) is 6.61 Å². The number of rotatable bonds is 8. The van der Waals surface area contributed by atoms with E-state index in [1.165, 1.54) is 30.2 Å². The Morgan fingerprint density at radius 3 is 2.78 bits per heavy atom. The number of nitrogens with zero attached hydrogens (tertiary/aromatic N) is 1. The van der Waals surface area contributed by atoms with E-state index in [1.807, 2.05) is 0 Å². The molecule has 1 aromatic carbocycles. The molecule has 1 aliphatic heterocycles. The van der Waals surface area contributed by atoms with Crippen molar-refractivity contribution in [2.24, 2.45) is 0 Å². The van der Waals surface area contributed by atoms with Crippen molar-refractivity contribution >= 4 is 17.8 Å². The molecule has 9 heteroatoms. The Kier molecular flexibility index (Phi) is 7.68. The van der Waals surface area contributed by atoms with Gasteiger partial charge in [-0.2, -0.15) is 0 Å². The summed E-state index contributed by atoms with van der Waals surface area (Å²) in [7, 11) is 1.49. The molecule has 0 spiro atoms. The number of likely N-dealkylation sites (tertiary alicyclic amines) is 1. The zero-order chi connectivity index (χ0) is 19.8. The molecule has 8 nitrogen and oxygen atoms in total. The highest BCUT2D eigenvalue weighted by Crippen LogP contribution is 2.21. The number of nitrogens with one attached hydrogen (secondary N) is 1. The molecule has 1 saturated heterocycles. The predicted molar refractivity (Wildman–Crippen MR) is 92.1 cm³/mol. The molecule has 1 fully saturated rings. The van der Waals surface area contributed by atoms with Crippen molar-refractivity contribution in [2.45, 2.75) is 25.0 Å². The van der Waals surface area contributed by atoms with E-state index in [0.717, 1.165) is 0 Å². The van der Waals surface area contributed by atoms with Gasteiger partial charge in [-0.1, -0.05) is 18.2 Å². The smallest absolute Gasteiger partial charge is 0.329 e. The van der Waals surface area contributed by atoms with Crippen LogP contribution in [0.2, 0.25) is 0 Å². The molecule has 0 aliphatic carbocycles. The van der Waals surface area contributed by atoms with Crippen molar-refractivity contribution in [3.8, 4) is 0 Å². The molecule has 2 unspecified atom stereocenters. The summed E-state index contributed by atoms with van der Waals surface area (Å²) < 4.78 is 23.5. The van der Waals surface area contributed by atoms with Crippen LogP contribution in [0.25, 0.3) is 0 Å². The third-order valence-corrected chi connectivity index (χ3v) is 4.14. The fraction of sp³-hybridized carbons (Fsp3) is 0.500. The van der Waals surface area contributed by atoms with Crippen LogP contribution in [-0.4, -0.2) is 73.3 Å². The number of β-amino-alcohol motifs (C(OH)–C–C–N with tert-alkyl or cyclic N) is 1. The number of esters is 1. The number of benzene rings is 1. The first kappa shape index (κ1) is 20.8. The maximum atomic E-state index is 13.7. The number of aliphatic hydroxyl groups is 1. The summed E-state index contributed by atoms with van der Waals surface area (Å²) in [5.74, 6) is -2.29. The summed E-state index contributed by atoms with van der Waals surface area (Å²) in [4.78, 5) is 37.5. The summed E-state index contributed by atoms with van der Waals surface area (Å²) in [5.41, 5.74) is 0.202. The van der Waals surface area contributed by atoms with Crippen molar-refractivity contribution < 1.29 is 33.4 Å². The minimum Gasteiger partial charge on any atom is -0.454 e. The van der Waals surface area contributed by atoms with Gasteiger partial charge < -0.3 is 24.8 Å². The third kappa shape index (κ3) is 6.00. The number of hydrogen-bond donors (Lipinski definition) is 2. The maximum absolute atomic E-state index is 13.7. The molecular weight excluding hydrogens is 359 g/mol. The average Bonchev–Trinajstić information content (AvgIpc) is 3.04. The first-order chi connectivity index (χ1) is 12.9. The monoisotopic (exact) mass is 382 g/mol. The fourth-order valence-corrected chi connectivity index (χ4v) is 2.80. The standard InChI is InChI=1S/C18H23FN2O6/c1-26-7-6-20-16(23)11-27-18(25)15-9-13(22)10-21(15)17(24)8-12-4-2-3-5-14(12)19/h2-5,13,15,22H,6-11H2,1H3,(H,20,23). The molecular formula is C18H23FN2O6. The lowest BCUT2D eigenvalue weighted by atomic mass is 10.1. The van der Waals surface area contributed by atoms with Crippen LogP contribution in [0.5, 0.6) is 0 Å². The topological polar surface area (TPSA) is 105 Å². The Morgan fingerprint density at radius 2 is 2.07 bits per heavy atom. The van der Waals surface area contributed by atoms with Crippen molar-refractivity contribution in [3.05, 3.63) is 35.6 Å². The zero-order valence-corrected chi connectivity index (χ0v) is 15.0. The quantitative estimate of drug-likeness (QED) is 0.470. The van der Waals surface area contributed by atoms with Gasteiger partial charge in [-0.05, 0) is 11.6 Å². The van der Waals surface area contributed by atoms with Crippen LogP contribution in [0.3, 0.4) is 0 Å². The van der Waals surface area contributed by atoms with Gasteiger partial charge in [-0.3, -0.25) is 9.59 Å². The molecule has 1 aromatic rings. The lowest BCUT2D eigenvalue weighted by molar-refractivity contribution is -0.156. The first-order valence-corrected chi connectivity index (χ1v) is 8.55. The molecule has 0 radical (unpaired) electrons. The second-order valence-corrected chi connectivity index (χ2v) is 6.17. The Labute approximate surface area is 156 Å². The van der Waals surface area contributed by atoms with Crippen LogP contribution < -0.4 is 5.32 Å². The molecule has 0 bridgehead atoms. The van der Waals surface area contributed by atoms with Crippen molar-refractivity contribution in [1.29, 1.82) is 0 Å². The van der Waals surface area contributed by atoms with Crippen molar-refractivity contribution in [3.63, 3.8) is 0 Å². The first-order valence-electron chi connectivity index (χ1n) is 8.55. The SMILES string of the molecule is COCCNC(=O)COC(=O)C1CC(O)CN1C(=O)Cc1ccccc1F. The second-order valence-electron chi connectivity index (χ2n) is 6.17. The largest absolute Gasteiger partial charge is 0.454 e. The van der Waals surface area contributed by atoms with E-state index >= 15 is 0 Å². The normalized spacial score (nSPS) is 19.0. The van der Waals surface area contributed by atoms with Gasteiger partial charge in [0.2, 0.25) is 5.91 Å². The van der Waals surface area contributed by atoms with Gasteiger partial charge in [0.25, 0.3) is 5.91 Å². The second kappa shape index (κ2) is 9.98. The van der Waals surface area contributed by atoms with Gasteiger partial charge in [0.15, 0.2) is 6.61 Å². The molecule has 1 heterocycles. The van der Waals surface area contributed by atoms with Crippen molar-refractivity contribution in [2.75, 3.05) is 33.4 Å². The minimum absolute atomic E-state index is 0.00708. The number of halogens is 1. The molecule has 2 amide bonds. The van der Waals surface area contributed by atoms with Gasteiger partial charge in [-0.25, -0.2) is 9.18 Å². The van der Waals surface area contributed by atoms with Crippen LogP contribution in [0.4, 0.5) is 4.39 Å². The Morgan fingerprint density at radius 1 is 1.33 bits per heavy atom. The molecule has 27 heavy (non-hydrogen) atoms. The lowest BCUT2D eigenvalue weighted by Gasteiger charge is -2.23. The van der Waals surface area contributed by atoms with Gasteiger partial charge in [0.1, 0.15) is 11.9 Å². The molecule has 2 rings (SSSR count).